The Hall–Kier alpha value is -1.45. The number of hydrogen-bond acceptors (Lipinski definition) is 3. The maximum absolute atomic E-state index is 10.7. The third-order valence-corrected chi connectivity index (χ3v) is 1.19. The molecule has 0 aliphatic heterocycles. The van der Waals surface area contributed by atoms with Gasteiger partial charge in [-0.3, -0.25) is 4.79 Å². The molecule has 60 valence electrons. The van der Waals surface area contributed by atoms with Gasteiger partial charge in [0.05, 0.1) is 6.61 Å². The van der Waals surface area contributed by atoms with Gasteiger partial charge >= 0.3 is 0 Å². The number of nitrogens with zero attached hydrogens (tertiary/aromatic N) is 1. The first-order valence-corrected chi connectivity index (χ1v) is 3.30. The second-order valence-electron chi connectivity index (χ2n) is 1.95. The van der Waals surface area contributed by atoms with Crippen molar-refractivity contribution in [2.45, 2.75) is 6.92 Å². The molecule has 0 bridgehead atoms. The second kappa shape index (κ2) is 3.09. The van der Waals surface area contributed by atoms with Gasteiger partial charge in [0.2, 0.25) is 5.88 Å². The molecular formula is C7H9NO3. The SMILES string of the molecule is CCOc1cccc(=O)n1O. The maximum atomic E-state index is 10.7. The molecule has 0 radical (unpaired) electrons. The van der Waals surface area contributed by atoms with Crippen molar-refractivity contribution in [1.82, 2.24) is 4.73 Å². The number of pyridine rings is 1. The summed E-state index contributed by atoms with van der Waals surface area (Å²) in [7, 11) is 0. The van der Waals surface area contributed by atoms with E-state index in [0.29, 0.717) is 11.3 Å². The van der Waals surface area contributed by atoms with E-state index < -0.39 is 5.56 Å². The van der Waals surface area contributed by atoms with Gasteiger partial charge in [-0.2, -0.15) is 0 Å². The van der Waals surface area contributed by atoms with Gasteiger partial charge in [0, 0.05) is 12.1 Å². The van der Waals surface area contributed by atoms with Crippen molar-refractivity contribution in [2.24, 2.45) is 0 Å². The summed E-state index contributed by atoms with van der Waals surface area (Å²) in [5.41, 5.74) is -0.490. The molecule has 0 aromatic carbocycles. The predicted octanol–water partition coefficient (Wildman–Crippen LogP) is 0.484. The average molecular weight is 155 g/mol. The van der Waals surface area contributed by atoms with Gasteiger partial charge < -0.3 is 9.94 Å². The van der Waals surface area contributed by atoms with Gasteiger partial charge in [0.15, 0.2) is 0 Å². The molecule has 4 heteroatoms. The van der Waals surface area contributed by atoms with E-state index in [2.05, 4.69) is 0 Å². The predicted molar refractivity (Wildman–Crippen MR) is 39.1 cm³/mol. The van der Waals surface area contributed by atoms with Crippen LogP contribution in [-0.4, -0.2) is 16.5 Å². The van der Waals surface area contributed by atoms with Crippen molar-refractivity contribution in [3.63, 3.8) is 0 Å². The summed E-state index contributed by atoms with van der Waals surface area (Å²) in [6, 6.07) is 4.30. The largest absolute Gasteiger partial charge is 0.477 e. The monoisotopic (exact) mass is 155 g/mol. The summed E-state index contributed by atoms with van der Waals surface area (Å²) in [5.74, 6) is 0.167. The van der Waals surface area contributed by atoms with Crippen LogP contribution >= 0.6 is 0 Å². The molecule has 0 unspecified atom stereocenters. The summed E-state index contributed by atoms with van der Waals surface area (Å²) in [5, 5.41) is 9.01. The van der Waals surface area contributed by atoms with Crippen LogP contribution in [0.15, 0.2) is 23.0 Å². The van der Waals surface area contributed by atoms with Crippen molar-refractivity contribution in [1.29, 1.82) is 0 Å². The lowest BCUT2D eigenvalue weighted by Gasteiger charge is -2.04. The Morgan fingerprint density at radius 3 is 3.00 bits per heavy atom. The fraction of sp³-hybridized carbons (Fsp3) is 0.286. The van der Waals surface area contributed by atoms with Crippen LogP contribution < -0.4 is 10.3 Å². The van der Waals surface area contributed by atoms with E-state index in [0.717, 1.165) is 0 Å². The molecule has 0 saturated carbocycles. The number of rotatable bonds is 2. The maximum Gasteiger partial charge on any atom is 0.286 e. The summed E-state index contributed by atoms with van der Waals surface area (Å²) >= 11 is 0. The first-order valence-electron chi connectivity index (χ1n) is 3.30. The normalized spacial score (nSPS) is 9.55. The Bertz CT molecular complexity index is 292. The Morgan fingerprint density at radius 2 is 2.36 bits per heavy atom. The number of hydrogen-bond donors (Lipinski definition) is 1. The van der Waals surface area contributed by atoms with Gasteiger partial charge in [-0.15, -0.1) is 4.73 Å². The third-order valence-electron chi connectivity index (χ3n) is 1.19. The van der Waals surface area contributed by atoms with E-state index in [9.17, 15) is 4.79 Å². The Labute approximate surface area is 63.6 Å². The van der Waals surface area contributed by atoms with Crippen molar-refractivity contribution in [2.75, 3.05) is 6.61 Å². The third kappa shape index (κ3) is 1.52. The average Bonchev–Trinajstić information content (AvgIpc) is 1.99. The van der Waals surface area contributed by atoms with Gasteiger partial charge in [-0.1, -0.05) is 6.07 Å². The van der Waals surface area contributed by atoms with Crippen LogP contribution in [0.3, 0.4) is 0 Å². The van der Waals surface area contributed by atoms with Crippen LogP contribution in [0.25, 0.3) is 0 Å². The van der Waals surface area contributed by atoms with Crippen molar-refractivity contribution < 1.29 is 9.94 Å². The smallest absolute Gasteiger partial charge is 0.286 e. The molecular weight excluding hydrogens is 146 g/mol. The highest BCUT2D eigenvalue weighted by atomic mass is 16.6. The van der Waals surface area contributed by atoms with E-state index in [1.165, 1.54) is 18.2 Å². The van der Waals surface area contributed by atoms with E-state index in [4.69, 9.17) is 9.94 Å². The molecule has 1 aromatic heterocycles. The first-order chi connectivity index (χ1) is 5.25. The standard InChI is InChI=1S/C7H9NO3/c1-2-11-7-5-3-4-6(9)8(7)10/h3-5,10H,2H2,1H3. The zero-order valence-electron chi connectivity index (χ0n) is 6.15. The molecule has 1 heterocycles. The molecule has 0 aliphatic rings. The van der Waals surface area contributed by atoms with Crippen LogP contribution in [0.1, 0.15) is 6.92 Å². The number of ether oxygens (including phenoxy) is 1. The van der Waals surface area contributed by atoms with Crippen LogP contribution in [0.2, 0.25) is 0 Å². The molecule has 0 spiro atoms. The first kappa shape index (κ1) is 7.65. The lowest BCUT2D eigenvalue weighted by Crippen LogP contribution is -2.17. The van der Waals surface area contributed by atoms with Crippen molar-refractivity contribution in [3.8, 4) is 5.88 Å². The summed E-state index contributed by atoms with van der Waals surface area (Å²) in [4.78, 5) is 10.7. The molecule has 0 aliphatic carbocycles. The van der Waals surface area contributed by atoms with Crippen molar-refractivity contribution in [3.05, 3.63) is 28.6 Å². The zero-order chi connectivity index (χ0) is 8.27. The van der Waals surface area contributed by atoms with Crippen LogP contribution in [0.5, 0.6) is 5.88 Å². The Kier molecular flexibility index (Phi) is 2.15. The molecule has 1 rings (SSSR count). The van der Waals surface area contributed by atoms with Crippen LogP contribution in [0, 0.1) is 0 Å². The van der Waals surface area contributed by atoms with Gasteiger partial charge in [0.1, 0.15) is 0 Å². The van der Waals surface area contributed by atoms with E-state index in [1.807, 2.05) is 0 Å². The topological polar surface area (TPSA) is 51.5 Å². The molecule has 0 amide bonds. The minimum absolute atomic E-state index is 0.167. The fourth-order valence-electron chi connectivity index (χ4n) is 0.720. The summed E-state index contributed by atoms with van der Waals surface area (Å²) < 4.78 is 5.41. The van der Waals surface area contributed by atoms with Crippen molar-refractivity contribution >= 4 is 0 Å². The van der Waals surface area contributed by atoms with Crippen LogP contribution in [-0.2, 0) is 0 Å². The molecule has 1 aromatic rings. The molecule has 11 heavy (non-hydrogen) atoms. The van der Waals surface area contributed by atoms with Gasteiger partial charge in [0.25, 0.3) is 5.56 Å². The number of aromatic nitrogens is 1. The summed E-state index contributed by atoms with van der Waals surface area (Å²) in [6.07, 6.45) is 0. The lowest BCUT2D eigenvalue weighted by molar-refractivity contribution is 0.132. The van der Waals surface area contributed by atoms with E-state index >= 15 is 0 Å². The second-order valence-corrected chi connectivity index (χ2v) is 1.95. The Morgan fingerprint density at radius 1 is 1.64 bits per heavy atom. The van der Waals surface area contributed by atoms with Crippen LogP contribution in [0.4, 0.5) is 0 Å². The molecule has 0 atom stereocenters. The molecule has 0 fully saturated rings. The van der Waals surface area contributed by atoms with E-state index in [1.54, 1.807) is 6.92 Å². The van der Waals surface area contributed by atoms with E-state index in [-0.39, 0.29) is 5.88 Å². The minimum atomic E-state index is -0.490. The van der Waals surface area contributed by atoms with Gasteiger partial charge in [-0.25, -0.2) is 0 Å². The summed E-state index contributed by atoms with van der Waals surface area (Å²) in [6.45, 7) is 2.20. The van der Waals surface area contributed by atoms with Gasteiger partial charge in [-0.05, 0) is 6.92 Å². The minimum Gasteiger partial charge on any atom is -0.477 e. The lowest BCUT2D eigenvalue weighted by atomic mass is 10.5. The highest BCUT2D eigenvalue weighted by Crippen LogP contribution is 2.03. The quantitative estimate of drug-likeness (QED) is 0.632. The highest BCUT2D eigenvalue weighted by Gasteiger charge is 1.99. The Balaban J connectivity index is 3.06. The molecule has 4 nitrogen and oxygen atoms in total. The zero-order valence-corrected chi connectivity index (χ0v) is 6.15. The highest BCUT2D eigenvalue weighted by molar-refractivity contribution is 5.10. The molecule has 1 N–H and O–H groups in total. The fourth-order valence-corrected chi connectivity index (χ4v) is 0.720. The molecule has 0 saturated heterocycles.